The highest BCUT2D eigenvalue weighted by Gasteiger charge is 2.22. The first-order valence-corrected chi connectivity index (χ1v) is 5.95. The van der Waals surface area contributed by atoms with Crippen LogP contribution in [0.4, 0.5) is 5.69 Å². The summed E-state index contributed by atoms with van der Waals surface area (Å²) >= 11 is 0. The number of hydrogen-bond donors (Lipinski definition) is 0. The van der Waals surface area contributed by atoms with Crippen LogP contribution in [-0.2, 0) is 4.74 Å². The Morgan fingerprint density at radius 3 is 2.42 bits per heavy atom. The minimum absolute atomic E-state index is 0.552. The van der Waals surface area contributed by atoms with Gasteiger partial charge in [-0.2, -0.15) is 4.79 Å². The van der Waals surface area contributed by atoms with Gasteiger partial charge in [-0.25, -0.2) is 0 Å². The lowest BCUT2D eigenvalue weighted by Gasteiger charge is -2.09. The highest BCUT2D eigenvalue weighted by Crippen LogP contribution is 2.21. The molecule has 5 nitrogen and oxygen atoms in total. The van der Waals surface area contributed by atoms with Gasteiger partial charge in [0.25, 0.3) is 0 Å². The molecule has 5 heteroatoms. The van der Waals surface area contributed by atoms with Gasteiger partial charge in [-0.05, 0) is 24.3 Å². The molecular formula is C14H15N3O2. The van der Waals surface area contributed by atoms with Gasteiger partial charge in [-0.3, -0.25) is 4.99 Å². The Hall–Kier alpha value is -2.39. The first-order chi connectivity index (χ1) is 9.26. The van der Waals surface area contributed by atoms with Crippen molar-refractivity contribution in [1.29, 1.82) is 0 Å². The quantitative estimate of drug-likeness (QED) is 0.617. The number of aliphatic imine (C=N–C) groups is 1. The van der Waals surface area contributed by atoms with Crippen LogP contribution in [0.15, 0.2) is 41.1 Å². The molecule has 98 valence electrons. The zero-order chi connectivity index (χ0) is 13.7. The molecule has 2 rings (SSSR count). The van der Waals surface area contributed by atoms with Crippen LogP contribution in [0, 0.1) is 0 Å². The molecule has 0 amide bonds. The lowest BCUT2D eigenvalue weighted by molar-refractivity contribution is -0.0118. The third-order valence-electron chi connectivity index (χ3n) is 2.89. The third kappa shape index (κ3) is 3.09. The van der Waals surface area contributed by atoms with E-state index in [1.807, 2.05) is 24.3 Å². The van der Waals surface area contributed by atoms with Gasteiger partial charge in [0.05, 0.1) is 26.3 Å². The fourth-order valence-electron chi connectivity index (χ4n) is 1.86. The first kappa shape index (κ1) is 13.1. The molecule has 1 aromatic carbocycles. The van der Waals surface area contributed by atoms with E-state index in [1.165, 1.54) is 0 Å². The maximum atomic E-state index is 8.84. The summed E-state index contributed by atoms with van der Waals surface area (Å²) in [5, 5.41) is 0. The summed E-state index contributed by atoms with van der Waals surface area (Å²) in [6.45, 7) is 0. The van der Waals surface area contributed by atoms with Gasteiger partial charge in [-0.15, -0.1) is 0 Å². The Labute approximate surface area is 111 Å². The number of methoxy groups -OCH3 is 2. The second kappa shape index (κ2) is 5.98. The number of hydrogen-bond acceptors (Lipinski definition) is 3. The van der Waals surface area contributed by atoms with Crippen LogP contribution in [0.2, 0.25) is 0 Å². The summed E-state index contributed by atoms with van der Waals surface area (Å²) in [4.78, 5) is 7.74. The molecule has 0 aromatic heterocycles. The van der Waals surface area contributed by atoms with Gasteiger partial charge in [-0.1, -0.05) is 0 Å². The molecule has 1 aliphatic carbocycles. The molecule has 0 spiro atoms. The standard InChI is InChI=1S/C14H15N3O2/c1-18-12-6-3-10(4-7-12)16-11-5-8-13(17-15)14(9-11)19-2/h3-4,6-7,9H,5,8H2,1-2H3. The number of rotatable bonds is 3. The molecule has 1 aromatic rings. The van der Waals surface area contributed by atoms with Crippen LogP contribution < -0.4 is 4.74 Å². The Balaban J connectivity index is 2.26. The highest BCUT2D eigenvalue weighted by atomic mass is 16.5. The van der Waals surface area contributed by atoms with Crippen molar-refractivity contribution in [2.75, 3.05) is 14.2 Å². The van der Waals surface area contributed by atoms with E-state index >= 15 is 0 Å². The Kier molecular flexibility index (Phi) is 4.11. The van der Waals surface area contributed by atoms with Gasteiger partial charge in [0.15, 0.2) is 0 Å². The fraction of sp³-hybridized carbons (Fsp3) is 0.286. The van der Waals surface area contributed by atoms with Crippen LogP contribution in [-0.4, -0.2) is 30.4 Å². The molecule has 0 saturated carbocycles. The maximum Gasteiger partial charge on any atom is 0.333 e. The van der Waals surface area contributed by atoms with Gasteiger partial charge in [0.2, 0.25) is 5.76 Å². The van der Waals surface area contributed by atoms with E-state index in [0.717, 1.165) is 23.6 Å². The number of nitrogens with zero attached hydrogens (tertiary/aromatic N) is 3. The molecule has 0 aliphatic heterocycles. The SMILES string of the molecule is COC1=CC(=Nc2ccc(OC)cc2)CCC1=[N+]=[N-]. The summed E-state index contributed by atoms with van der Waals surface area (Å²) in [7, 11) is 3.18. The Morgan fingerprint density at radius 1 is 1.11 bits per heavy atom. The van der Waals surface area contributed by atoms with E-state index in [9.17, 15) is 0 Å². The van der Waals surface area contributed by atoms with Gasteiger partial charge in [0.1, 0.15) is 5.75 Å². The summed E-state index contributed by atoms with van der Waals surface area (Å²) in [6, 6.07) is 7.51. The lowest BCUT2D eigenvalue weighted by atomic mass is 10.0. The highest BCUT2D eigenvalue weighted by molar-refractivity contribution is 6.10. The van der Waals surface area contributed by atoms with E-state index in [2.05, 4.69) is 9.78 Å². The molecule has 0 unspecified atom stereocenters. The predicted molar refractivity (Wildman–Crippen MR) is 73.0 cm³/mol. The molecule has 0 atom stereocenters. The molecular weight excluding hydrogens is 242 g/mol. The van der Waals surface area contributed by atoms with E-state index in [0.29, 0.717) is 17.9 Å². The van der Waals surface area contributed by atoms with Crippen molar-refractivity contribution in [3.05, 3.63) is 41.6 Å². The summed E-state index contributed by atoms with van der Waals surface area (Å²) in [6.07, 6.45) is 3.13. The fourth-order valence-corrected chi connectivity index (χ4v) is 1.86. The zero-order valence-corrected chi connectivity index (χ0v) is 11.0. The molecule has 0 N–H and O–H groups in total. The van der Waals surface area contributed by atoms with Crippen molar-refractivity contribution in [2.45, 2.75) is 12.8 Å². The summed E-state index contributed by atoms with van der Waals surface area (Å²) < 4.78 is 10.3. The lowest BCUT2D eigenvalue weighted by Crippen LogP contribution is -2.15. The van der Waals surface area contributed by atoms with Crippen molar-refractivity contribution >= 4 is 17.1 Å². The van der Waals surface area contributed by atoms with Crippen LogP contribution in [0.5, 0.6) is 5.75 Å². The smallest absolute Gasteiger partial charge is 0.333 e. The van der Waals surface area contributed by atoms with Crippen molar-refractivity contribution in [3.63, 3.8) is 0 Å². The molecule has 0 fully saturated rings. The summed E-state index contributed by atoms with van der Waals surface area (Å²) in [5.74, 6) is 1.36. The topological polar surface area (TPSA) is 67.2 Å². The molecule has 0 saturated heterocycles. The first-order valence-electron chi connectivity index (χ1n) is 5.95. The minimum Gasteiger partial charge on any atom is -0.497 e. The largest absolute Gasteiger partial charge is 0.497 e. The van der Waals surface area contributed by atoms with Crippen LogP contribution in [0.3, 0.4) is 0 Å². The van der Waals surface area contributed by atoms with Crippen molar-refractivity contribution in [1.82, 2.24) is 0 Å². The van der Waals surface area contributed by atoms with E-state index in [-0.39, 0.29) is 0 Å². The van der Waals surface area contributed by atoms with Crippen molar-refractivity contribution in [3.8, 4) is 5.75 Å². The molecule has 0 bridgehead atoms. The average molecular weight is 257 g/mol. The second-order valence-electron chi connectivity index (χ2n) is 4.06. The van der Waals surface area contributed by atoms with Crippen LogP contribution in [0.1, 0.15) is 12.8 Å². The van der Waals surface area contributed by atoms with Gasteiger partial charge >= 0.3 is 5.71 Å². The Bertz CT molecular complexity index is 567. The predicted octanol–water partition coefficient (Wildman–Crippen LogP) is 2.76. The molecule has 1 aliphatic rings. The monoisotopic (exact) mass is 257 g/mol. The third-order valence-corrected chi connectivity index (χ3v) is 2.89. The normalized spacial score (nSPS) is 16.8. The van der Waals surface area contributed by atoms with Crippen molar-refractivity contribution < 1.29 is 14.3 Å². The summed E-state index contributed by atoms with van der Waals surface area (Å²) in [5.41, 5.74) is 11.1. The van der Waals surface area contributed by atoms with Crippen molar-refractivity contribution in [2.24, 2.45) is 4.99 Å². The van der Waals surface area contributed by atoms with E-state index < -0.39 is 0 Å². The van der Waals surface area contributed by atoms with Crippen LogP contribution >= 0.6 is 0 Å². The molecule has 19 heavy (non-hydrogen) atoms. The number of benzene rings is 1. The van der Waals surface area contributed by atoms with Crippen LogP contribution in [0.25, 0.3) is 5.53 Å². The number of ether oxygens (including phenoxy) is 2. The molecule has 0 heterocycles. The zero-order valence-electron chi connectivity index (χ0n) is 11.0. The number of allylic oxidation sites excluding steroid dienone is 2. The average Bonchev–Trinajstić information content (AvgIpc) is 2.48. The van der Waals surface area contributed by atoms with E-state index in [4.69, 9.17) is 15.0 Å². The van der Waals surface area contributed by atoms with Gasteiger partial charge in [0, 0.05) is 18.2 Å². The Morgan fingerprint density at radius 2 is 1.84 bits per heavy atom. The van der Waals surface area contributed by atoms with Gasteiger partial charge < -0.3 is 15.0 Å². The molecule has 0 radical (unpaired) electrons. The minimum atomic E-state index is 0.552. The van der Waals surface area contributed by atoms with E-state index in [1.54, 1.807) is 20.3 Å². The maximum absolute atomic E-state index is 8.84. The second-order valence-corrected chi connectivity index (χ2v) is 4.06.